The number of benzene rings is 1. The van der Waals surface area contributed by atoms with Crippen molar-refractivity contribution in [2.24, 2.45) is 10.8 Å². The summed E-state index contributed by atoms with van der Waals surface area (Å²) in [7, 11) is -3.03. The minimum absolute atomic E-state index is 0.400. The standard InChI is InChI=1S/C13H14F3N3O4S/c1-12(19(2)18-6-23-12)9-7(11(17)20)4-5-8(13(14,15)16)10(9)24(3,21)22/h4-6H,1-3H3,(H2,17,20). The van der Waals surface area contributed by atoms with Gasteiger partial charge in [-0.2, -0.15) is 13.2 Å². The second-order valence-corrected chi connectivity index (χ2v) is 7.30. The Morgan fingerprint density at radius 1 is 1.38 bits per heavy atom. The van der Waals surface area contributed by atoms with E-state index in [1.54, 1.807) is 0 Å². The molecule has 1 atom stereocenters. The lowest BCUT2D eigenvalue weighted by Gasteiger charge is -2.33. The van der Waals surface area contributed by atoms with Crippen LogP contribution >= 0.6 is 0 Å². The van der Waals surface area contributed by atoms with Gasteiger partial charge in [0.2, 0.25) is 11.6 Å². The van der Waals surface area contributed by atoms with Crippen LogP contribution < -0.4 is 5.73 Å². The number of nitrogens with zero attached hydrogens (tertiary/aromatic N) is 2. The number of carbonyl (C=O) groups is 1. The molecule has 1 amide bonds. The third-order valence-electron chi connectivity index (χ3n) is 3.68. The first-order valence-corrected chi connectivity index (χ1v) is 8.38. The van der Waals surface area contributed by atoms with Crippen molar-refractivity contribution in [3.8, 4) is 0 Å². The molecule has 0 aliphatic carbocycles. The van der Waals surface area contributed by atoms with E-state index in [4.69, 9.17) is 10.5 Å². The van der Waals surface area contributed by atoms with Crippen molar-refractivity contribution in [2.75, 3.05) is 13.3 Å². The molecule has 2 N–H and O–H groups in total. The lowest BCUT2D eigenvalue weighted by atomic mass is 9.94. The Morgan fingerprint density at radius 3 is 2.33 bits per heavy atom. The molecule has 1 heterocycles. The van der Waals surface area contributed by atoms with Crippen molar-refractivity contribution in [3.05, 3.63) is 28.8 Å². The van der Waals surface area contributed by atoms with E-state index in [1.807, 2.05) is 0 Å². The number of alkyl halides is 3. The third kappa shape index (κ3) is 2.79. The van der Waals surface area contributed by atoms with Crippen molar-refractivity contribution in [1.29, 1.82) is 0 Å². The Bertz CT molecular complexity index is 836. The largest absolute Gasteiger partial charge is 0.450 e. The highest BCUT2D eigenvalue weighted by Gasteiger charge is 2.47. The highest BCUT2D eigenvalue weighted by atomic mass is 32.2. The number of hydrogen-bond acceptors (Lipinski definition) is 6. The van der Waals surface area contributed by atoms with Crippen molar-refractivity contribution in [2.45, 2.75) is 23.7 Å². The summed E-state index contributed by atoms with van der Waals surface area (Å²) < 4.78 is 69.5. The van der Waals surface area contributed by atoms with Gasteiger partial charge in [-0.25, -0.2) is 8.42 Å². The number of carbonyl (C=O) groups excluding carboxylic acids is 1. The molecule has 11 heteroatoms. The van der Waals surface area contributed by atoms with Gasteiger partial charge < -0.3 is 10.5 Å². The summed E-state index contributed by atoms with van der Waals surface area (Å²) in [6, 6.07) is 1.34. The number of hydrogen-bond donors (Lipinski definition) is 1. The molecular weight excluding hydrogens is 351 g/mol. The van der Waals surface area contributed by atoms with Gasteiger partial charge in [0.1, 0.15) is 0 Å². The molecule has 0 bridgehead atoms. The molecule has 0 aromatic heterocycles. The molecule has 24 heavy (non-hydrogen) atoms. The zero-order valence-corrected chi connectivity index (χ0v) is 13.7. The summed E-state index contributed by atoms with van der Waals surface area (Å²) in [5.74, 6) is -1.09. The Kier molecular flexibility index (Phi) is 4.03. The molecule has 132 valence electrons. The van der Waals surface area contributed by atoms with Crippen LogP contribution in [0.1, 0.15) is 28.4 Å². The Balaban J connectivity index is 3.01. The predicted octanol–water partition coefficient (Wildman–Crippen LogP) is 1.29. The summed E-state index contributed by atoms with van der Waals surface area (Å²) in [5, 5.41) is 4.84. The van der Waals surface area contributed by atoms with E-state index in [1.165, 1.54) is 14.0 Å². The fraction of sp³-hybridized carbons (Fsp3) is 0.385. The number of primary amides is 1. The Labute approximate surface area is 135 Å². The zero-order chi connectivity index (χ0) is 18.5. The second kappa shape index (κ2) is 5.36. The lowest BCUT2D eigenvalue weighted by Crippen LogP contribution is -2.40. The lowest BCUT2D eigenvalue weighted by molar-refractivity contribution is -0.140. The monoisotopic (exact) mass is 365 g/mol. The van der Waals surface area contributed by atoms with Gasteiger partial charge in [0.15, 0.2) is 16.2 Å². The molecule has 7 nitrogen and oxygen atoms in total. The van der Waals surface area contributed by atoms with Crippen LogP contribution in [0.3, 0.4) is 0 Å². The van der Waals surface area contributed by atoms with Crippen LogP contribution in [0.4, 0.5) is 13.2 Å². The molecule has 1 aliphatic heterocycles. The molecule has 0 saturated carbocycles. The van der Waals surface area contributed by atoms with E-state index in [-0.39, 0.29) is 0 Å². The topological polar surface area (TPSA) is 102 Å². The summed E-state index contributed by atoms with van der Waals surface area (Å²) in [6.45, 7) is 1.29. The van der Waals surface area contributed by atoms with Crippen molar-refractivity contribution >= 4 is 22.1 Å². The zero-order valence-electron chi connectivity index (χ0n) is 12.9. The summed E-state index contributed by atoms with van der Waals surface area (Å²) in [6.07, 6.45) is -3.40. The van der Waals surface area contributed by atoms with E-state index in [2.05, 4.69) is 5.10 Å². The van der Waals surface area contributed by atoms with Crippen LogP contribution in [-0.4, -0.2) is 39.0 Å². The molecule has 0 spiro atoms. The molecular formula is C13H14F3N3O4S. The van der Waals surface area contributed by atoms with Crippen molar-refractivity contribution < 1.29 is 31.1 Å². The van der Waals surface area contributed by atoms with Gasteiger partial charge in [0.05, 0.1) is 10.5 Å². The van der Waals surface area contributed by atoms with Crippen LogP contribution in [0.15, 0.2) is 22.1 Å². The molecule has 0 fully saturated rings. The van der Waals surface area contributed by atoms with Gasteiger partial charge >= 0.3 is 6.18 Å². The summed E-state index contributed by atoms with van der Waals surface area (Å²) >= 11 is 0. The predicted molar refractivity (Wildman–Crippen MR) is 77.8 cm³/mol. The summed E-state index contributed by atoms with van der Waals surface area (Å²) in [4.78, 5) is 10.6. The minimum atomic E-state index is -4.96. The fourth-order valence-electron chi connectivity index (χ4n) is 2.46. The average molecular weight is 365 g/mol. The first-order chi connectivity index (χ1) is 10.8. The maximum absolute atomic E-state index is 13.3. The van der Waals surface area contributed by atoms with Crippen LogP contribution in [0.2, 0.25) is 0 Å². The average Bonchev–Trinajstić information content (AvgIpc) is 2.76. The maximum atomic E-state index is 13.3. The normalized spacial score (nSPS) is 21.0. The number of ether oxygens (including phenoxy) is 1. The fourth-order valence-corrected chi connectivity index (χ4v) is 3.71. The summed E-state index contributed by atoms with van der Waals surface area (Å²) in [5.41, 5.74) is 1.17. The van der Waals surface area contributed by atoms with E-state index in [0.717, 1.165) is 17.5 Å². The Morgan fingerprint density at radius 2 is 1.96 bits per heavy atom. The maximum Gasteiger partial charge on any atom is 0.417 e. The van der Waals surface area contributed by atoms with Gasteiger partial charge in [-0.15, -0.1) is 5.10 Å². The van der Waals surface area contributed by atoms with E-state index < -0.39 is 49.2 Å². The van der Waals surface area contributed by atoms with Gasteiger partial charge in [0, 0.05) is 31.4 Å². The molecule has 0 saturated heterocycles. The molecule has 0 radical (unpaired) electrons. The number of rotatable bonds is 3. The number of hydrazone groups is 1. The molecule has 2 rings (SSSR count). The van der Waals surface area contributed by atoms with Crippen molar-refractivity contribution in [1.82, 2.24) is 5.01 Å². The number of nitrogens with two attached hydrogens (primary N) is 1. The van der Waals surface area contributed by atoms with E-state index in [9.17, 15) is 26.4 Å². The third-order valence-corrected chi connectivity index (χ3v) is 4.85. The quantitative estimate of drug-likeness (QED) is 0.869. The van der Waals surface area contributed by atoms with Crippen LogP contribution in [0.5, 0.6) is 0 Å². The highest BCUT2D eigenvalue weighted by Crippen LogP contribution is 2.43. The van der Waals surface area contributed by atoms with Crippen molar-refractivity contribution in [3.63, 3.8) is 0 Å². The second-order valence-electron chi connectivity index (χ2n) is 5.34. The smallest absolute Gasteiger partial charge is 0.417 e. The molecule has 1 aliphatic rings. The van der Waals surface area contributed by atoms with Gasteiger partial charge in [-0.1, -0.05) is 0 Å². The van der Waals surface area contributed by atoms with Gasteiger partial charge in [-0.3, -0.25) is 9.80 Å². The minimum Gasteiger partial charge on any atom is -0.450 e. The number of amides is 1. The van der Waals surface area contributed by atoms with Crippen LogP contribution in [0.25, 0.3) is 0 Å². The molecule has 1 aromatic carbocycles. The van der Waals surface area contributed by atoms with Gasteiger partial charge in [-0.05, 0) is 12.1 Å². The molecule has 1 unspecified atom stereocenters. The van der Waals surface area contributed by atoms with Gasteiger partial charge in [0.25, 0.3) is 0 Å². The first kappa shape index (κ1) is 18.0. The SMILES string of the molecule is CN1N=COC1(C)c1c(C(N)=O)ccc(C(F)(F)F)c1S(C)(=O)=O. The number of halogens is 3. The first-order valence-electron chi connectivity index (χ1n) is 6.48. The Hall–Kier alpha value is -2.30. The molecule has 1 aromatic rings. The highest BCUT2D eigenvalue weighted by molar-refractivity contribution is 7.90. The van der Waals surface area contributed by atoms with E-state index >= 15 is 0 Å². The number of sulfone groups is 1. The van der Waals surface area contributed by atoms with E-state index in [0.29, 0.717) is 12.3 Å². The van der Waals surface area contributed by atoms with Crippen LogP contribution in [-0.2, 0) is 26.5 Å². The van der Waals surface area contributed by atoms with Crippen LogP contribution in [0, 0.1) is 0 Å².